The highest BCUT2D eigenvalue weighted by molar-refractivity contribution is 5.67. The summed E-state index contributed by atoms with van der Waals surface area (Å²) in [5, 5.41) is 8.35. The standard InChI is InChI=1S/C8H10O3/c1-6-4-7(5-11-6)2-3-8(9)10/h4-5H,2-3H2,1H3,(H,9,10). The molecule has 0 aromatic carbocycles. The summed E-state index contributed by atoms with van der Waals surface area (Å²) in [5.41, 5.74) is 0.949. The molecular weight excluding hydrogens is 144 g/mol. The minimum absolute atomic E-state index is 0.166. The predicted molar refractivity (Wildman–Crippen MR) is 39.4 cm³/mol. The minimum Gasteiger partial charge on any atom is -0.481 e. The fourth-order valence-electron chi connectivity index (χ4n) is 0.880. The van der Waals surface area contributed by atoms with E-state index in [1.54, 1.807) is 6.26 Å². The topological polar surface area (TPSA) is 50.4 Å². The van der Waals surface area contributed by atoms with Crippen molar-refractivity contribution in [2.45, 2.75) is 19.8 Å². The number of rotatable bonds is 3. The van der Waals surface area contributed by atoms with Gasteiger partial charge in [-0.2, -0.15) is 0 Å². The van der Waals surface area contributed by atoms with Crippen molar-refractivity contribution < 1.29 is 14.3 Å². The van der Waals surface area contributed by atoms with E-state index in [0.29, 0.717) is 6.42 Å². The zero-order valence-corrected chi connectivity index (χ0v) is 6.33. The lowest BCUT2D eigenvalue weighted by atomic mass is 10.2. The highest BCUT2D eigenvalue weighted by atomic mass is 16.4. The van der Waals surface area contributed by atoms with Crippen LogP contribution in [0.3, 0.4) is 0 Å². The van der Waals surface area contributed by atoms with E-state index in [-0.39, 0.29) is 6.42 Å². The number of furan rings is 1. The fourth-order valence-corrected chi connectivity index (χ4v) is 0.880. The van der Waals surface area contributed by atoms with Gasteiger partial charge in [0.15, 0.2) is 0 Å². The SMILES string of the molecule is Cc1cc(CCC(=O)O)co1. The van der Waals surface area contributed by atoms with Gasteiger partial charge < -0.3 is 9.52 Å². The van der Waals surface area contributed by atoms with Crippen LogP contribution in [0.2, 0.25) is 0 Å². The molecule has 0 bridgehead atoms. The van der Waals surface area contributed by atoms with Gasteiger partial charge in [-0.1, -0.05) is 0 Å². The number of carboxylic acids is 1. The molecule has 1 N–H and O–H groups in total. The van der Waals surface area contributed by atoms with Gasteiger partial charge in [0.1, 0.15) is 5.76 Å². The summed E-state index contributed by atoms with van der Waals surface area (Å²) >= 11 is 0. The van der Waals surface area contributed by atoms with Gasteiger partial charge in [0, 0.05) is 6.42 Å². The Labute approximate surface area is 64.6 Å². The quantitative estimate of drug-likeness (QED) is 0.719. The first kappa shape index (κ1) is 7.85. The summed E-state index contributed by atoms with van der Waals surface area (Å²) in [6.45, 7) is 1.84. The van der Waals surface area contributed by atoms with Crippen LogP contribution in [0.4, 0.5) is 0 Å². The monoisotopic (exact) mass is 154 g/mol. The first-order valence-corrected chi connectivity index (χ1v) is 3.44. The summed E-state index contributed by atoms with van der Waals surface area (Å²) in [7, 11) is 0. The van der Waals surface area contributed by atoms with E-state index in [0.717, 1.165) is 11.3 Å². The van der Waals surface area contributed by atoms with Crippen LogP contribution in [-0.2, 0) is 11.2 Å². The van der Waals surface area contributed by atoms with Crippen molar-refractivity contribution in [3.8, 4) is 0 Å². The lowest BCUT2D eigenvalue weighted by Crippen LogP contribution is -1.95. The highest BCUT2D eigenvalue weighted by Crippen LogP contribution is 2.08. The van der Waals surface area contributed by atoms with E-state index in [2.05, 4.69) is 0 Å². The number of aliphatic carboxylic acids is 1. The molecule has 0 aliphatic carbocycles. The van der Waals surface area contributed by atoms with Gasteiger partial charge >= 0.3 is 5.97 Å². The largest absolute Gasteiger partial charge is 0.481 e. The molecule has 1 aromatic rings. The van der Waals surface area contributed by atoms with Crippen LogP contribution < -0.4 is 0 Å². The third kappa shape index (κ3) is 2.45. The molecule has 3 nitrogen and oxygen atoms in total. The second-order valence-corrected chi connectivity index (χ2v) is 2.46. The van der Waals surface area contributed by atoms with E-state index in [1.807, 2.05) is 13.0 Å². The molecule has 1 heterocycles. The number of hydrogen-bond donors (Lipinski definition) is 1. The van der Waals surface area contributed by atoms with Crippen LogP contribution in [0.1, 0.15) is 17.7 Å². The second kappa shape index (κ2) is 3.23. The molecule has 0 atom stereocenters. The zero-order chi connectivity index (χ0) is 8.27. The van der Waals surface area contributed by atoms with Crippen molar-refractivity contribution in [2.75, 3.05) is 0 Å². The Hall–Kier alpha value is -1.25. The molecule has 0 fully saturated rings. The third-order valence-electron chi connectivity index (χ3n) is 1.41. The van der Waals surface area contributed by atoms with Crippen LogP contribution in [0, 0.1) is 6.92 Å². The van der Waals surface area contributed by atoms with E-state index >= 15 is 0 Å². The average molecular weight is 154 g/mol. The molecule has 0 amide bonds. The van der Waals surface area contributed by atoms with Crippen molar-refractivity contribution in [2.24, 2.45) is 0 Å². The molecule has 0 aliphatic heterocycles. The second-order valence-electron chi connectivity index (χ2n) is 2.46. The molecule has 11 heavy (non-hydrogen) atoms. The molecule has 0 aliphatic rings. The van der Waals surface area contributed by atoms with Crippen LogP contribution in [-0.4, -0.2) is 11.1 Å². The molecule has 1 rings (SSSR count). The first-order valence-electron chi connectivity index (χ1n) is 3.44. The zero-order valence-electron chi connectivity index (χ0n) is 6.33. The maximum absolute atomic E-state index is 10.1. The predicted octanol–water partition coefficient (Wildman–Crippen LogP) is 1.61. The number of hydrogen-bond acceptors (Lipinski definition) is 2. The Morgan fingerprint density at radius 1 is 1.73 bits per heavy atom. The minimum atomic E-state index is -0.774. The fraction of sp³-hybridized carbons (Fsp3) is 0.375. The summed E-state index contributed by atoms with van der Waals surface area (Å²) in [5.74, 6) is 0.0502. The van der Waals surface area contributed by atoms with Crippen molar-refractivity contribution in [1.29, 1.82) is 0 Å². The van der Waals surface area contributed by atoms with Crippen molar-refractivity contribution >= 4 is 5.97 Å². The lowest BCUT2D eigenvalue weighted by Gasteiger charge is -1.88. The van der Waals surface area contributed by atoms with Crippen molar-refractivity contribution in [3.63, 3.8) is 0 Å². The Morgan fingerprint density at radius 2 is 2.45 bits per heavy atom. The van der Waals surface area contributed by atoms with Gasteiger partial charge in [-0.25, -0.2) is 0 Å². The van der Waals surface area contributed by atoms with Gasteiger partial charge in [0.25, 0.3) is 0 Å². The van der Waals surface area contributed by atoms with E-state index < -0.39 is 5.97 Å². The summed E-state index contributed by atoms with van der Waals surface area (Å²) in [6.07, 6.45) is 2.31. The maximum atomic E-state index is 10.1. The van der Waals surface area contributed by atoms with E-state index in [1.165, 1.54) is 0 Å². The van der Waals surface area contributed by atoms with Crippen molar-refractivity contribution in [3.05, 3.63) is 23.7 Å². The molecule has 0 saturated carbocycles. The highest BCUT2D eigenvalue weighted by Gasteiger charge is 2.00. The Bertz CT molecular complexity index is 250. The van der Waals surface area contributed by atoms with Gasteiger partial charge in [0.05, 0.1) is 6.26 Å². The molecule has 0 radical (unpaired) electrons. The number of aryl methyl sites for hydroxylation is 2. The van der Waals surface area contributed by atoms with Crippen LogP contribution in [0.25, 0.3) is 0 Å². The van der Waals surface area contributed by atoms with Crippen LogP contribution in [0.15, 0.2) is 16.7 Å². The molecule has 60 valence electrons. The Kier molecular flexibility index (Phi) is 2.31. The van der Waals surface area contributed by atoms with Gasteiger partial charge in [-0.15, -0.1) is 0 Å². The lowest BCUT2D eigenvalue weighted by molar-refractivity contribution is -0.136. The first-order chi connectivity index (χ1) is 5.18. The Balaban J connectivity index is 2.45. The summed E-state index contributed by atoms with van der Waals surface area (Å²) < 4.78 is 5.00. The smallest absolute Gasteiger partial charge is 0.303 e. The summed E-state index contributed by atoms with van der Waals surface area (Å²) in [6, 6.07) is 1.85. The molecule has 0 spiro atoms. The molecule has 0 saturated heterocycles. The van der Waals surface area contributed by atoms with Crippen molar-refractivity contribution in [1.82, 2.24) is 0 Å². The molecule has 0 unspecified atom stereocenters. The maximum Gasteiger partial charge on any atom is 0.303 e. The molecule has 1 aromatic heterocycles. The van der Waals surface area contributed by atoms with Gasteiger partial charge in [-0.3, -0.25) is 4.79 Å². The van der Waals surface area contributed by atoms with E-state index in [9.17, 15) is 4.79 Å². The van der Waals surface area contributed by atoms with Crippen LogP contribution in [0.5, 0.6) is 0 Å². The molecular formula is C8H10O3. The van der Waals surface area contributed by atoms with Gasteiger partial charge in [-0.05, 0) is 25.0 Å². The molecule has 3 heteroatoms. The Morgan fingerprint density at radius 3 is 2.91 bits per heavy atom. The number of carboxylic acid groups (broad SMARTS) is 1. The van der Waals surface area contributed by atoms with Gasteiger partial charge in [0.2, 0.25) is 0 Å². The normalized spacial score (nSPS) is 9.91. The summed E-state index contributed by atoms with van der Waals surface area (Å²) in [4.78, 5) is 10.1. The third-order valence-corrected chi connectivity index (χ3v) is 1.41. The average Bonchev–Trinajstić information content (AvgIpc) is 2.31. The van der Waals surface area contributed by atoms with Crippen LogP contribution >= 0.6 is 0 Å². The number of carbonyl (C=O) groups is 1. The van der Waals surface area contributed by atoms with E-state index in [4.69, 9.17) is 9.52 Å².